The molecule has 0 atom stereocenters. The SMILES string of the molecule is COc1ccc(-c2nnc(Sc3ccc(C(F)(F)F)cc3[N+](=O)[O-])o2)cc1. The van der Waals surface area contributed by atoms with E-state index in [2.05, 4.69) is 10.2 Å². The maximum atomic E-state index is 12.8. The number of nitrogens with zero attached hydrogens (tertiary/aromatic N) is 3. The number of methoxy groups -OCH3 is 1. The van der Waals surface area contributed by atoms with Gasteiger partial charge in [-0.25, -0.2) is 0 Å². The number of nitro benzene ring substituents is 1. The summed E-state index contributed by atoms with van der Waals surface area (Å²) in [6, 6.07) is 8.98. The summed E-state index contributed by atoms with van der Waals surface area (Å²) in [5.41, 5.74) is -1.21. The summed E-state index contributed by atoms with van der Waals surface area (Å²) < 4.78 is 48.7. The van der Waals surface area contributed by atoms with Crippen LogP contribution < -0.4 is 4.74 Å². The number of ether oxygens (including phenoxy) is 1. The summed E-state index contributed by atoms with van der Waals surface area (Å²) in [6.07, 6.45) is -4.68. The third-order valence-electron chi connectivity index (χ3n) is 3.42. The van der Waals surface area contributed by atoms with Crippen molar-refractivity contribution in [2.45, 2.75) is 16.3 Å². The highest BCUT2D eigenvalue weighted by atomic mass is 32.2. The van der Waals surface area contributed by atoms with Gasteiger partial charge in [-0.1, -0.05) is 0 Å². The maximum Gasteiger partial charge on any atom is 0.416 e. The zero-order valence-electron chi connectivity index (χ0n) is 13.6. The average molecular weight is 397 g/mol. The molecule has 0 aliphatic rings. The molecule has 0 aliphatic carbocycles. The third-order valence-corrected chi connectivity index (χ3v) is 4.33. The molecule has 0 spiro atoms. The lowest BCUT2D eigenvalue weighted by molar-refractivity contribution is -0.388. The van der Waals surface area contributed by atoms with Crippen LogP contribution in [0, 0.1) is 10.1 Å². The van der Waals surface area contributed by atoms with Crippen molar-refractivity contribution in [1.29, 1.82) is 0 Å². The van der Waals surface area contributed by atoms with Gasteiger partial charge in [0.1, 0.15) is 5.75 Å². The van der Waals surface area contributed by atoms with Crippen LogP contribution >= 0.6 is 11.8 Å². The minimum absolute atomic E-state index is 0.0383. The number of alkyl halides is 3. The van der Waals surface area contributed by atoms with Crippen LogP contribution in [-0.2, 0) is 6.18 Å². The van der Waals surface area contributed by atoms with Gasteiger partial charge in [0.25, 0.3) is 10.9 Å². The van der Waals surface area contributed by atoms with E-state index in [1.807, 2.05) is 0 Å². The van der Waals surface area contributed by atoms with E-state index < -0.39 is 22.4 Å². The number of benzene rings is 2. The van der Waals surface area contributed by atoms with Gasteiger partial charge in [0.05, 0.1) is 22.5 Å². The van der Waals surface area contributed by atoms with Crippen molar-refractivity contribution in [3.8, 4) is 17.2 Å². The fraction of sp³-hybridized carbons (Fsp3) is 0.125. The van der Waals surface area contributed by atoms with Crippen LogP contribution in [0.3, 0.4) is 0 Å². The molecule has 140 valence electrons. The first-order valence-electron chi connectivity index (χ1n) is 7.29. The van der Waals surface area contributed by atoms with Gasteiger partial charge in [-0.15, -0.1) is 10.2 Å². The zero-order chi connectivity index (χ0) is 19.6. The van der Waals surface area contributed by atoms with E-state index in [9.17, 15) is 23.3 Å². The number of nitro groups is 1. The van der Waals surface area contributed by atoms with Gasteiger partial charge < -0.3 is 9.15 Å². The summed E-state index contributed by atoms with van der Waals surface area (Å²) in [7, 11) is 1.52. The molecular formula is C16H10F3N3O4S. The van der Waals surface area contributed by atoms with Crippen molar-refractivity contribution < 1.29 is 27.2 Å². The topological polar surface area (TPSA) is 91.3 Å². The van der Waals surface area contributed by atoms with Crippen molar-refractivity contribution in [2.24, 2.45) is 0 Å². The smallest absolute Gasteiger partial charge is 0.416 e. The minimum atomic E-state index is -4.68. The summed E-state index contributed by atoms with van der Waals surface area (Å²) in [5.74, 6) is 0.794. The normalized spacial score (nSPS) is 11.4. The number of rotatable bonds is 5. The Labute approximate surface area is 154 Å². The minimum Gasteiger partial charge on any atom is -0.497 e. The van der Waals surface area contributed by atoms with Gasteiger partial charge in [0.15, 0.2) is 0 Å². The van der Waals surface area contributed by atoms with Crippen molar-refractivity contribution in [3.05, 3.63) is 58.1 Å². The molecule has 1 heterocycles. The standard InChI is InChI=1S/C16H10F3N3O4S/c1-25-11-5-2-9(3-6-11)14-20-21-15(26-14)27-13-7-4-10(16(17,18)19)8-12(13)22(23)24/h2-8H,1H3. The third kappa shape index (κ3) is 4.19. The van der Waals surface area contributed by atoms with Gasteiger partial charge in [0, 0.05) is 11.6 Å². The second kappa shape index (κ2) is 7.27. The predicted molar refractivity (Wildman–Crippen MR) is 88.5 cm³/mol. The number of halogens is 3. The number of hydrogen-bond donors (Lipinski definition) is 0. The molecule has 0 N–H and O–H groups in total. The first kappa shape index (κ1) is 18.7. The lowest BCUT2D eigenvalue weighted by atomic mass is 10.2. The van der Waals surface area contributed by atoms with Crippen LogP contribution in [0.1, 0.15) is 5.56 Å². The van der Waals surface area contributed by atoms with Crippen LogP contribution in [0.4, 0.5) is 18.9 Å². The zero-order valence-corrected chi connectivity index (χ0v) is 14.4. The Hall–Kier alpha value is -3.08. The van der Waals surface area contributed by atoms with E-state index >= 15 is 0 Å². The molecular weight excluding hydrogens is 387 g/mol. The molecule has 7 nitrogen and oxygen atoms in total. The Morgan fingerprint density at radius 2 is 1.85 bits per heavy atom. The molecule has 0 aliphatic heterocycles. The van der Waals surface area contributed by atoms with Gasteiger partial charge in [-0.2, -0.15) is 13.2 Å². The molecule has 0 bridgehead atoms. The number of aromatic nitrogens is 2. The second-order valence-corrected chi connectivity index (χ2v) is 6.13. The Balaban J connectivity index is 1.87. The van der Waals surface area contributed by atoms with Crippen LogP contribution in [0.15, 0.2) is 57.0 Å². The monoisotopic (exact) mass is 397 g/mol. The van der Waals surface area contributed by atoms with E-state index in [-0.39, 0.29) is 16.0 Å². The largest absolute Gasteiger partial charge is 0.497 e. The lowest BCUT2D eigenvalue weighted by Crippen LogP contribution is -2.05. The van der Waals surface area contributed by atoms with Gasteiger partial charge in [-0.3, -0.25) is 10.1 Å². The Kier molecular flexibility index (Phi) is 5.04. The summed E-state index contributed by atoms with van der Waals surface area (Å²) in [5, 5.41) is 18.7. The molecule has 0 amide bonds. The van der Waals surface area contributed by atoms with Crippen molar-refractivity contribution in [2.75, 3.05) is 7.11 Å². The molecule has 0 saturated heterocycles. The fourth-order valence-corrected chi connectivity index (χ4v) is 2.88. The molecule has 11 heteroatoms. The summed E-state index contributed by atoms with van der Waals surface area (Å²) in [4.78, 5) is 10.2. The average Bonchev–Trinajstić information content (AvgIpc) is 3.09. The highest BCUT2D eigenvalue weighted by Gasteiger charge is 2.33. The van der Waals surface area contributed by atoms with Gasteiger partial charge in [-0.05, 0) is 48.2 Å². The van der Waals surface area contributed by atoms with E-state index in [1.54, 1.807) is 24.3 Å². The van der Waals surface area contributed by atoms with E-state index in [1.165, 1.54) is 7.11 Å². The fourth-order valence-electron chi connectivity index (χ4n) is 2.12. The molecule has 0 saturated carbocycles. The lowest BCUT2D eigenvalue weighted by Gasteiger charge is -2.07. The van der Waals surface area contributed by atoms with Crippen LogP contribution in [0.5, 0.6) is 5.75 Å². The maximum absolute atomic E-state index is 12.8. The Bertz CT molecular complexity index is 974. The molecule has 2 aromatic carbocycles. The Morgan fingerprint density at radius 3 is 2.44 bits per heavy atom. The van der Waals surface area contributed by atoms with Gasteiger partial charge >= 0.3 is 6.18 Å². The Morgan fingerprint density at radius 1 is 1.15 bits per heavy atom. The quantitative estimate of drug-likeness (QED) is 0.450. The first-order chi connectivity index (χ1) is 12.8. The molecule has 0 radical (unpaired) electrons. The van der Waals surface area contributed by atoms with Crippen LogP contribution in [0.25, 0.3) is 11.5 Å². The van der Waals surface area contributed by atoms with E-state index in [0.717, 1.165) is 12.1 Å². The molecule has 27 heavy (non-hydrogen) atoms. The molecule has 1 aromatic heterocycles. The van der Waals surface area contributed by atoms with Crippen molar-refractivity contribution >= 4 is 17.4 Å². The van der Waals surface area contributed by atoms with E-state index in [4.69, 9.17) is 9.15 Å². The second-order valence-electron chi connectivity index (χ2n) is 5.14. The highest BCUT2D eigenvalue weighted by molar-refractivity contribution is 7.99. The van der Waals surface area contributed by atoms with Gasteiger partial charge in [0.2, 0.25) is 5.89 Å². The molecule has 0 fully saturated rings. The van der Waals surface area contributed by atoms with E-state index in [0.29, 0.717) is 29.1 Å². The van der Waals surface area contributed by atoms with Crippen molar-refractivity contribution in [1.82, 2.24) is 10.2 Å². The summed E-state index contributed by atoms with van der Waals surface area (Å²) >= 11 is 0.711. The van der Waals surface area contributed by atoms with Crippen LogP contribution in [-0.4, -0.2) is 22.2 Å². The highest BCUT2D eigenvalue weighted by Crippen LogP contribution is 2.39. The van der Waals surface area contributed by atoms with Crippen LogP contribution in [0.2, 0.25) is 0 Å². The molecule has 0 unspecified atom stereocenters. The van der Waals surface area contributed by atoms with Crippen molar-refractivity contribution in [3.63, 3.8) is 0 Å². The first-order valence-corrected chi connectivity index (χ1v) is 8.11. The predicted octanol–water partition coefficient (Wildman–Crippen LogP) is 4.82. The number of hydrogen-bond acceptors (Lipinski definition) is 7. The molecule has 3 rings (SSSR count). The summed E-state index contributed by atoms with van der Waals surface area (Å²) in [6.45, 7) is 0. The molecule has 3 aromatic rings.